The monoisotopic (exact) mass is 319 g/mol. The second-order valence-electron chi connectivity index (χ2n) is 6.16. The quantitative estimate of drug-likeness (QED) is 0.795. The van der Waals surface area contributed by atoms with Gasteiger partial charge in [0.1, 0.15) is 5.75 Å². The minimum absolute atomic E-state index is 0.0901. The molecule has 1 aromatic carbocycles. The van der Waals surface area contributed by atoms with Crippen molar-refractivity contribution >= 4 is 11.9 Å². The Morgan fingerprint density at radius 2 is 2.09 bits per heavy atom. The van der Waals surface area contributed by atoms with Gasteiger partial charge < -0.3 is 9.47 Å². The Labute approximate surface area is 135 Å². The predicted octanol–water partition coefficient (Wildman–Crippen LogP) is 2.10. The Hall–Kier alpha value is -2.08. The number of nitrogens with zero attached hydrogens (tertiary/aromatic N) is 1. The molecule has 6 nitrogen and oxygen atoms in total. The number of methoxy groups -OCH3 is 1. The van der Waals surface area contributed by atoms with Gasteiger partial charge in [-0.1, -0.05) is 25.1 Å². The first-order valence-electron chi connectivity index (χ1n) is 7.83. The Balaban J connectivity index is 1.71. The summed E-state index contributed by atoms with van der Waals surface area (Å²) in [6.07, 6.45) is 0.477. The van der Waals surface area contributed by atoms with Crippen LogP contribution in [-0.2, 0) is 19.2 Å². The van der Waals surface area contributed by atoms with E-state index in [1.807, 2.05) is 31.2 Å². The third-order valence-corrected chi connectivity index (χ3v) is 4.33. The summed E-state index contributed by atoms with van der Waals surface area (Å²) in [5, 5.41) is 1.47. The van der Waals surface area contributed by atoms with Gasteiger partial charge in [-0.25, -0.2) is 5.06 Å². The number of benzene rings is 1. The van der Waals surface area contributed by atoms with Crippen LogP contribution >= 0.6 is 0 Å². The van der Waals surface area contributed by atoms with Crippen LogP contribution in [0.2, 0.25) is 0 Å². The molecule has 0 unspecified atom stereocenters. The minimum Gasteiger partial charge on any atom is -0.493 e. The van der Waals surface area contributed by atoms with E-state index in [0.717, 1.165) is 11.3 Å². The van der Waals surface area contributed by atoms with Gasteiger partial charge in [0.25, 0.3) is 0 Å². The summed E-state index contributed by atoms with van der Waals surface area (Å²) < 4.78 is 10.4. The number of amides is 1. The van der Waals surface area contributed by atoms with Crippen LogP contribution in [0.15, 0.2) is 24.3 Å². The van der Waals surface area contributed by atoms with Crippen LogP contribution in [0, 0.1) is 11.8 Å². The summed E-state index contributed by atoms with van der Waals surface area (Å²) in [6, 6.07) is 7.62. The van der Waals surface area contributed by atoms with Gasteiger partial charge >= 0.3 is 5.97 Å². The maximum Gasteiger partial charge on any atom is 0.305 e. The highest BCUT2D eigenvalue weighted by atomic mass is 16.7. The number of carbonyl (C=O) groups is 2. The summed E-state index contributed by atoms with van der Waals surface area (Å²) in [6.45, 7) is 2.87. The van der Waals surface area contributed by atoms with Gasteiger partial charge in [-0.2, -0.15) is 0 Å². The van der Waals surface area contributed by atoms with E-state index < -0.39 is 0 Å². The molecule has 3 rings (SSSR count). The smallest absolute Gasteiger partial charge is 0.305 e. The molecule has 0 bridgehead atoms. The van der Waals surface area contributed by atoms with Crippen LogP contribution in [0.4, 0.5) is 0 Å². The summed E-state index contributed by atoms with van der Waals surface area (Å²) in [4.78, 5) is 29.6. The lowest BCUT2D eigenvalue weighted by Gasteiger charge is -2.31. The van der Waals surface area contributed by atoms with Gasteiger partial charge in [0.2, 0.25) is 5.91 Å². The van der Waals surface area contributed by atoms with Crippen LogP contribution < -0.4 is 4.74 Å². The van der Waals surface area contributed by atoms with E-state index in [0.29, 0.717) is 13.2 Å². The topological polar surface area (TPSA) is 65.1 Å². The van der Waals surface area contributed by atoms with Gasteiger partial charge in [0.15, 0.2) is 0 Å². The van der Waals surface area contributed by atoms with Crippen LogP contribution in [0.3, 0.4) is 0 Å². The lowest BCUT2D eigenvalue weighted by atomic mass is 9.91. The zero-order chi connectivity index (χ0) is 16.4. The summed E-state index contributed by atoms with van der Waals surface area (Å²) in [7, 11) is 1.35. The summed E-state index contributed by atoms with van der Waals surface area (Å²) >= 11 is 0. The number of para-hydroxylation sites is 1. The molecule has 0 N–H and O–H groups in total. The van der Waals surface area contributed by atoms with Crippen molar-refractivity contribution in [1.29, 1.82) is 0 Å². The first-order chi connectivity index (χ1) is 11.1. The van der Waals surface area contributed by atoms with E-state index in [1.54, 1.807) is 0 Å². The molecular weight excluding hydrogens is 298 g/mol. The van der Waals surface area contributed by atoms with Gasteiger partial charge in [-0.05, 0) is 12.0 Å². The molecule has 3 atom stereocenters. The van der Waals surface area contributed by atoms with E-state index in [9.17, 15) is 9.59 Å². The molecule has 2 aliphatic heterocycles. The Morgan fingerprint density at radius 3 is 2.87 bits per heavy atom. The number of rotatable bonds is 4. The largest absolute Gasteiger partial charge is 0.493 e. The van der Waals surface area contributed by atoms with Crippen molar-refractivity contribution in [3.05, 3.63) is 29.8 Å². The van der Waals surface area contributed by atoms with E-state index in [1.165, 1.54) is 12.2 Å². The third kappa shape index (κ3) is 3.17. The minimum atomic E-state index is -0.304. The predicted molar refractivity (Wildman–Crippen MR) is 81.4 cm³/mol. The Bertz CT molecular complexity index is 602. The number of fused-ring (bicyclic) bond motifs is 3. The standard InChI is InChI=1S/C17H21NO5/c1-11(8-16(20)21-2)7-15(19)18-17-12(10-23-18)9-22-14-6-4-3-5-13(14)17/h3-6,11-12,17H,7-10H2,1-2H3/t11-,12+,17-/m0/s1. The Kier molecular flexibility index (Phi) is 4.52. The van der Waals surface area contributed by atoms with E-state index in [4.69, 9.17) is 9.57 Å². The fraction of sp³-hybridized carbons (Fsp3) is 0.529. The molecular formula is C17H21NO5. The van der Waals surface area contributed by atoms with Crippen LogP contribution in [0.5, 0.6) is 5.75 Å². The first-order valence-corrected chi connectivity index (χ1v) is 7.83. The van der Waals surface area contributed by atoms with Crippen LogP contribution in [-0.4, -0.2) is 37.3 Å². The van der Waals surface area contributed by atoms with Crippen molar-refractivity contribution in [1.82, 2.24) is 5.06 Å². The van der Waals surface area contributed by atoms with Gasteiger partial charge in [-0.3, -0.25) is 14.4 Å². The number of ether oxygens (including phenoxy) is 2. The molecule has 6 heteroatoms. The number of carbonyl (C=O) groups excluding carboxylic acids is 2. The molecule has 2 heterocycles. The van der Waals surface area contributed by atoms with E-state index >= 15 is 0 Å². The molecule has 23 heavy (non-hydrogen) atoms. The molecule has 0 saturated carbocycles. The molecule has 124 valence electrons. The van der Waals surface area contributed by atoms with Gasteiger partial charge in [-0.15, -0.1) is 0 Å². The maximum atomic E-state index is 12.6. The number of esters is 1. The van der Waals surface area contributed by atoms with Crippen molar-refractivity contribution in [3.8, 4) is 5.75 Å². The third-order valence-electron chi connectivity index (χ3n) is 4.33. The van der Waals surface area contributed by atoms with E-state index in [-0.39, 0.29) is 42.6 Å². The molecule has 2 aliphatic rings. The molecule has 1 saturated heterocycles. The fourth-order valence-electron chi connectivity index (χ4n) is 3.17. The van der Waals surface area contributed by atoms with Crippen molar-refractivity contribution < 1.29 is 23.9 Å². The van der Waals surface area contributed by atoms with Crippen LogP contribution in [0.25, 0.3) is 0 Å². The lowest BCUT2D eigenvalue weighted by Crippen LogP contribution is -2.35. The first kappa shape index (κ1) is 15.8. The van der Waals surface area contributed by atoms with E-state index in [2.05, 4.69) is 4.74 Å². The SMILES string of the molecule is COC(=O)C[C@@H](C)CC(=O)N1OC[C@H]2COc3ccccc3[C@H]21. The number of hydrogen-bond donors (Lipinski definition) is 0. The second-order valence-corrected chi connectivity index (χ2v) is 6.16. The maximum absolute atomic E-state index is 12.6. The van der Waals surface area contributed by atoms with Crippen molar-refractivity contribution in [2.75, 3.05) is 20.3 Å². The highest BCUT2D eigenvalue weighted by Crippen LogP contribution is 2.43. The van der Waals surface area contributed by atoms with Crippen molar-refractivity contribution in [3.63, 3.8) is 0 Å². The van der Waals surface area contributed by atoms with Crippen LogP contribution in [0.1, 0.15) is 31.4 Å². The molecule has 0 spiro atoms. The second kappa shape index (κ2) is 6.58. The zero-order valence-electron chi connectivity index (χ0n) is 13.4. The number of hydroxylamine groups is 2. The normalized spacial score (nSPS) is 23.5. The van der Waals surface area contributed by atoms with Gasteiger partial charge in [0.05, 0.1) is 26.4 Å². The number of hydrogen-bond acceptors (Lipinski definition) is 5. The molecule has 0 aliphatic carbocycles. The summed E-state index contributed by atoms with van der Waals surface area (Å²) in [5.74, 6) is 0.449. The fourth-order valence-corrected chi connectivity index (χ4v) is 3.17. The molecule has 0 radical (unpaired) electrons. The molecule has 1 aromatic rings. The average molecular weight is 319 g/mol. The lowest BCUT2D eigenvalue weighted by molar-refractivity contribution is -0.178. The highest BCUT2D eigenvalue weighted by molar-refractivity contribution is 5.77. The van der Waals surface area contributed by atoms with Crippen molar-refractivity contribution in [2.24, 2.45) is 11.8 Å². The molecule has 1 amide bonds. The average Bonchev–Trinajstić information content (AvgIpc) is 2.99. The van der Waals surface area contributed by atoms with Crippen molar-refractivity contribution in [2.45, 2.75) is 25.8 Å². The highest BCUT2D eigenvalue weighted by Gasteiger charge is 2.44. The van der Waals surface area contributed by atoms with Gasteiger partial charge in [0, 0.05) is 24.3 Å². The molecule has 0 aromatic heterocycles. The zero-order valence-corrected chi connectivity index (χ0v) is 13.4. The molecule has 1 fully saturated rings. The Morgan fingerprint density at radius 1 is 1.30 bits per heavy atom. The summed E-state index contributed by atoms with van der Waals surface area (Å²) in [5.41, 5.74) is 0.982.